The fraction of sp³-hybridized carbons (Fsp3) is 0.429. The summed E-state index contributed by atoms with van der Waals surface area (Å²) in [6.07, 6.45) is 1.52. The van der Waals surface area contributed by atoms with Crippen LogP contribution < -0.4 is 0 Å². The Balaban J connectivity index is 1.54. The highest BCUT2D eigenvalue weighted by Crippen LogP contribution is 2.55. The maximum atomic E-state index is 11.8. The number of carbonyl (C=O) groups excluding carboxylic acids is 2. The molecule has 0 saturated heterocycles. The molecule has 3 heteroatoms. The van der Waals surface area contributed by atoms with Crippen LogP contribution in [-0.4, -0.2) is 11.8 Å². The van der Waals surface area contributed by atoms with E-state index in [9.17, 15) is 9.59 Å². The number of fused-ring (bicyclic) bond motifs is 1. The molecule has 17 heavy (non-hydrogen) atoms. The van der Waals surface area contributed by atoms with E-state index in [1.54, 1.807) is 0 Å². The van der Waals surface area contributed by atoms with Crippen molar-refractivity contribution in [1.82, 2.24) is 0 Å². The van der Waals surface area contributed by atoms with Crippen LogP contribution in [0.4, 0.5) is 0 Å². The normalized spacial score (nSPS) is 29.9. The first kappa shape index (κ1) is 10.5. The first-order valence-electron chi connectivity index (χ1n) is 6.00. The number of ether oxygens (including phenoxy) is 1. The minimum atomic E-state index is -0.197. The summed E-state index contributed by atoms with van der Waals surface area (Å²) in [7, 11) is 0. The number of hydrogen-bond donors (Lipinski definition) is 0. The molecule has 1 aromatic carbocycles. The van der Waals surface area contributed by atoms with Crippen LogP contribution in [0.2, 0.25) is 0 Å². The van der Waals surface area contributed by atoms with Crippen molar-refractivity contribution in [3.8, 4) is 0 Å². The molecule has 2 fully saturated rings. The van der Waals surface area contributed by atoms with Crippen molar-refractivity contribution >= 4 is 11.8 Å². The SMILES string of the molecule is O=C1CC[C@H]2[C@@H]1[C@@H]2C(=O)OCc1ccccc1. The first-order chi connectivity index (χ1) is 8.27. The molecule has 0 unspecified atom stereocenters. The minimum Gasteiger partial charge on any atom is -0.461 e. The van der Waals surface area contributed by atoms with Gasteiger partial charge in [-0.1, -0.05) is 30.3 Å². The fourth-order valence-corrected chi connectivity index (χ4v) is 2.79. The molecule has 2 aliphatic rings. The van der Waals surface area contributed by atoms with E-state index in [4.69, 9.17) is 4.74 Å². The summed E-state index contributed by atoms with van der Waals surface area (Å²) in [5.74, 6) is 0.178. The second kappa shape index (κ2) is 3.99. The van der Waals surface area contributed by atoms with Gasteiger partial charge in [-0.05, 0) is 17.9 Å². The molecule has 0 bridgehead atoms. The van der Waals surface area contributed by atoms with Crippen LogP contribution in [0.5, 0.6) is 0 Å². The van der Waals surface area contributed by atoms with Crippen LogP contribution in [0.3, 0.4) is 0 Å². The van der Waals surface area contributed by atoms with Gasteiger partial charge in [-0.2, -0.15) is 0 Å². The molecule has 0 N–H and O–H groups in total. The lowest BCUT2D eigenvalue weighted by Gasteiger charge is -2.05. The van der Waals surface area contributed by atoms with Crippen molar-refractivity contribution in [3.05, 3.63) is 35.9 Å². The summed E-state index contributed by atoms with van der Waals surface area (Å²) >= 11 is 0. The Morgan fingerprint density at radius 3 is 2.71 bits per heavy atom. The molecule has 3 atom stereocenters. The van der Waals surface area contributed by atoms with Crippen molar-refractivity contribution in [1.29, 1.82) is 0 Å². The van der Waals surface area contributed by atoms with E-state index in [0.29, 0.717) is 13.0 Å². The third-order valence-electron chi connectivity index (χ3n) is 3.76. The first-order valence-corrected chi connectivity index (χ1v) is 6.00. The molecule has 0 aromatic heterocycles. The topological polar surface area (TPSA) is 43.4 Å². The van der Waals surface area contributed by atoms with E-state index in [0.717, 1.165) is 12.0 Å². The monoisotopic (exact) mass is 230 g/mol. The third kappa shape index (κ3) is 1.86. The summed E-state index contributed by atoms with van der Waals surface area (Å²) < 4.78 is 5.25. The summed E-state index contributed by atoms with van der Waals surface area (Å²) in [5, 5.41) is 0. The van der Waals surface area contributed by atoms with Crippen molar-refractivity contribution < 1.29 is 14.3 Å². The van der Waals surface area contributed by atoms with Crippen molar-refractivity contribution in [2.45, 2.75) is 19.4 Å². The standard InChI is InChI=1S/C14H14O3/c15-11-7-6-10-12(11)13(10)14(16)17-8-9-4-2-1-3-5-9/h1-5,10,12-13H,6-8H2/t10-,12-,13+/m0/s1. The highest BCUT2D eigenvalue weighted by atomic mass is 16.5. The van der Waals surface area contributed by atoms with Gasteiger partial charge in [0.15, 0.2) is 0 Å². The number of hydrogen-bond acceptors (Lipinski definition) is 3. The minimum absolute atomic E-state index is 0.0155. The van der Waals surface area contributed by atoms with E-state index >= 15 is 0 Å². The van der Waals surface area contributed by atoms with E-state index in [2.05, 4.69) is 0 Å². The second-order valence-corrected chi connectivity index (χ2v) is 4.81. The van der Waals surface area contributed by atoms with Gasteiger partial charge >= 0.3 is 5.97 Å². The Hall–Kier alpha value is -1.64. The van der Waals surface area contributed by atoms with Crippen LogP contribution in [0.1, 0.15) is 18.4 Å². The molecule has 1 aromatic rings. The smallest absolute Gasteiger partial charge is 0.310 e. The van der Waals surface area contributed by atoms with Crippen molar-refractivity contribution in [2.24, 2.45) is 17.8 Å². The van der Waals surface area contributed by atoms with Gasteiger partial charge in [-0.15, -0.1) is 0 Å². The van der Waals surface area contributed by atoms with Crippen LogP contribution in [0, 0.1) is 17.8 Å². The van der Waals surface area contributed by atoms with Gasteiger partial charge in [0, 0.05) is 12.3 Å². The van der Waals surface area contributed by atoms with Crippen molar-refractivity contribution in [2.75, 3.05) is 0 Å². The van der Waals surface area contributed by atoms with E-state index in [1.807, 2.05) is 30.3 Å². The number of Topliss-reactive ketones (excluding diaryl/α,β-unsaturated/α-hetero) is 1. The molecule has 88 valence electrons. The zero-order valence-electron chi connectivity index (χ0n) is 9.46. The number of benzene rings is 1. The third-order valence-corrected chi connectivity index (χ3v) is 3.76. The zero-order chi connectivity index (χ0) is 11.8. The van der Waals surface area contributed by atoms with Gasteiger partial charge < -0.3 is 4.74 Å². The fourth-order valence-electron chi connectivity index (χ4n) is 2.79. The Morgan fingerprint density at radius 1 is 1.29 bits per heavy atom. The molecule has 2 saturated carbocycles. The molecular weight excluding hydrogens is 216 g/mol. The Labute approximate surface area is 99.8 Å². The quantitative estimate of drug-likeness (QED) is 0.745. The highest BCUT2D eigenvalue weighted by molar-refractivity contribution is 5.94. The van der Waals surface area contributed by atoms with Gasteiger partial charge in [0.25, 0.3) is 0 Å². The average molecular weight is 230 g/mol. The molecule has 0 spiro atoms. The van der Waals surface area contributed by atoms with Gasteiger partial charge in [-0.25, -0.2) is 0 Å². The van der Waals surface area contributed by atoms with Crippen LogP contribution in [-0.2, 0) is 20.9 Å². The maximum absolute atomic E-state index is 11.8. The molecule has 0 amide bonds. The van der Waals surface area contributed by atoms with Crippen molar-refractivity contribution in [3.63, 3.8) is 0 Å². The largest absolute Gasteiger partial charge is 0.461 e. The average Bonchev–Trinajstić information content (AvgIpc) is 2.98. The van der Waals surface area contributed by atoms with Crippen LogP contribution in [0.15, 0.2) is 30.3 Å². The van der Waals surface area contributed by atoms with Crippen LogP contribution in [0.25, 0.3) is 0 Å². The van der Waals surface area contributed by atoms with E-state index in [-0.39, 0.29) is 29.5 Å². The highest BCUT2D eigenvalue weighted by Gasteiger charge is 2.62. The summed E-state index contributed by atoms with van der Waals surface area (Å²) in [5.41, 5.74) is 0.984. The Morgan fingerprint density at radius 2 is 2.06 bits per heavy atom. The number of esters is 1. The second-order valence-electron chi connectivity index (χ2n) is 4.81. The summed E-state index contributed by atoms with van der Waals surface area (Å²) in [6, 6.07) is 9.60. The predicted octanol–water partition coefficient (Wildman–Crippen LogP) is 1.95. The van der Waals surface area contributed by atoms with Crippen LogP contribution >= 0.6 is 0 Å². The van der Waals surface area contributed by atoms with Gasteiger partial charge in [0.05, 0.1) is 5.92 Å². The van der Waals surface area contributed by atoms with E-state index < -0.39 is 0 Å². The lowest BCUT2D eigenvalue weighted by molar-refractivity contribution is -0.148. The molecule has 3 rings (SSSR count). The Kier molecular flexibility index (Phi) is 2.46. The van der Waals surface area contributed by atoms with Gasteiger partial charge in [0.2, 0.25) is 0 Å². The molecular formula is C14H14O3. The molecule has 3 nitrogen and oxygen atoms in total. The van der Waals surface area contributed by atoms with Gasteiger partial charge in [0.1, 0.15) is 12.4 Å². The zero-order valence-corrected chi connectivity index (χ0v) is 9.46. The molecule has 2 aliphatic carbocycles. The summed E-state index contributed by atoms with van der Waals surface area (Å²) in [4.78, 5) is 23.2. The van der Waals surface area contributed by atoms with E-state index in [1.165, 1.54) is 0 Å². The lowest BCUT2D eigenvalue weighted by atomic mass is 10.1. The number of ketones is 1. The van der Waals surface area contributed by atoms with Gasteiger partial charge in [-0.3, -0.25) is 9.59 Å². The Bertz CT molecular complexity index is 452. The lowest BCUT2D eigenvalue weighted by Crippen LogP contribution is -2.13. The molecule has 0 heterocycles. The maximum Gasteiger partial charge on any atom is 0.310 e. The summed E-state index contributed by atoms with van der Waals surface area (Å²) in [6.45, 7) is 0.309. The molecule has 0 aliphatic heterocycles. The molecule has 0 radical (unpaired) electrons. The number of carbonyl (C=O) groups is 2. The predicted molar refractivity (Wildman–Crippen MR) is 60.9 cm³/mol. The number of rotatable bonds is 3.